The van der Waals surface area contributed by atoms with Gasteiger partial charge in [-0.15, -0.1) is 0 Å². The molecule has 1 heterocycles. The first-order valence-electron chi connectivity index (χ1n) is 12.0. The van der Waals surface area contributed by atoms with Crippen LogP contribution in [0.5, 0.6) is 0 Å². The highest BCUT2D eigenvalue weighted by Gasteiger charge is 2.41. The van der Waals surface area contributed by atoms with Gasteiger partial charge >= 0.3 is 0 Å². The van der Waals surface area contributed by atoms with Crippen molar-refractivity contribution in [3.63, 3.8) is 0 Å². The van der Waals surface area contributed by atoms with Crippen molar-refractivity contribution in [1.29, 1.82) is 5.26 Å². The molecule has 1 atom stereocenters. The van der Waals surface area contributed by atoms with Crippen molar-refractivity contribution in [3.05, 3.63) is 105 Å². The minimum atomic E-state index is -0.583. The lowest BCUT2D eigenvalue weighted by molar-refractivity contribution is -0.117. The molecule has 3 aromatic carbocycles. The number of nitriles is 1. The van der Waals surface area contributed by atoms with Gasteiger partial charge in [-0.25, -0.2) is 0 Å². The maximum Gasteiger partial charge on any atom is 0.269 e. The first-order valence-corrected chi connectivity index (χ1v) is 13.6. The summed E-state index contributed by atoms with van der Waals surface area (Å²) in [7, 11) is 0. The van der Waals surface area contributed by atoms with Crippen LogP contribution in [0, 0.1) is 11.3 Å². The summed E-state index contributed by atoms with van der Waals surface area (Å²) < 4.78 is 0. The molecule has 1 unspecified atom stereocenters. The molecule has 0 spiro atoms. The Morgan fingerprint density at radius 2 is 1.78 bits per heavy atom. The van der Waals surface area contributed by atoms with Gasteiger partial charge in [0.05, 0.1) is 15.3 Å². The Morgan fingerprint density at radius 3 is 2.46 bits per heavy atom. The monoisotopic (exact) mass is 549 g/mol. The highest BCUT2D eigenvalue weighted by atomic mass is 35.5. The molecule has 1 aliphatic heterocycles. The van der Waals surface area contributed by atoms with Crippen LogP contribution < -0.4 is 10.2 Å². The van der Waals surface area contributed by atoms with E-state index in [4.69, 9.17) is 23.2 Å². The molecule has 4 rings (SSSR count). The normalized spacial score (nSPS) is 16.4. The van der Waals surface area contributed by atoms with Gasteiger partial charge in [-0.2, -0.15) is 5.26 Å². The summed E-state index contributed by atoms with van der Waals surface area (Å²) in [4.78, 5) is 28.3. The third kappa shape index (κ3) is 6.19. The first kappa shape index (κ1) is 26.8. The van der Waals surface area contributed by atoms with Crippen molar-refractivity contribution < 1.29 is 9.59 Å². The molecule has 37 heavy (non-hydrogen) atoms. The minimum Gasteiger partial charge on any atom is -0.321 e. The van der Waals surface area contributed by atoms with Crippen molar-refractivity contribution in [2.45, 2.75) is 37.9 Å². The Balaban J connectivity index is 1.65. The second kappa shape index (κ2) is 12.3. The Bertz CT molecular complexity index is 1370. The molecular formula is C29H25Cl2N3O2S. The summed E-state index contributed by atoms with van der Waals surface area (Å²) in [5, 5.41) is 13.3. The molecule has 1 aliphatic rings. The molecule has 5 nitrogen and oxygen atoms in total. The maximum atomic E-state index is 13.6. The summed E-state index contributed by atoms with van der Waals surface area (Å²) in [6.07, 6.45) is 3.48. The number of nitrogens with zero attached hydrogens (tertiary/aromatic N) is 2. The third-order valence-corrected chi connectivity index (χ3v) is 8.11. The number of nitrogens with one attached hydrogen (secondary N) is 1. The van der Waals surface area contributed by atoms with E-state index < -0.39 is 11.2 Å². The lowest BCUT2D eigenvalue weighted by Crippen LogP contribution is -2.31. The lowest BCUT2D eigenvalue weighted by Gasteiger charge is -2.18. The minimum absolute atomic E-state index is 0.128. The Morgan fingerprint density at radius 1 is 1.05 bits per heavy atom. The Hall–Kier alpha value is -3.24. The first-order chi connectivity index (χ1) is 17.9. The SMILES string of the molecule is CCCCc1ccc(NC(=O)C(C#N)=C2SC(Cc3cccc(Cl)c3Cl)C(=O)N2c2ccccc2)cc1. The fourth-order valence-corrected chi connectivity index (χ4v) is 5.73. The summed E-state index contributed by atoms with van der Waals surface area (Å²) in [5.74, 6) is -0.801. The van der Waals surface area contributed by atoms with Gasteiger partial charge in [-0.1, -0.05) is 90.8 Å². The second-order valence-electron chi connectivity index (χ2n) is 8.58. The number of hydrogen-bond acceptors (Lipinski definition) is 4. The summed E-state index contributed by atoms with van der Waals surface area (Å²) in [6, 6.07) is 23.9. The molecular weight excluding hydrogens is 525 g/mol. The highest BCUT2D eigenvalue weighted by Crippen LogP contribution is 2.43. The average Bonchev–Trinajstić information content (AvgIpc) is 3.22. The summed E-state index contributed by atoms with van der Waals surface area (Å²) in [6.45, 7) is 2.14. The number of amides is 2. The van der Waals surface area contributed by atoms with Crippen molar-refractivity contribution in [2.24, 2.45) is 0 Å². The molecule has 0 aromatic heterocycles. The Kier molecular flexibility index (Phi) is 8.94. The van der Waals surface area contributed by atoms with Crippen LogP contribution >= 0.6 is 35.0 Å². The number of rotatable bonds is 8. The van der Waals surface area contributed by atoms with E-state index in [1.807, 2.05) is 42.5 Å². The lowest BCUT2D eigenvalue weighted by atomic mass is 10.1. The molecule has 2 amide bonds. The van der Waals surface area contributed by atoms with E-state index in [2.05, 4.69) is 12.2 Å². The van der Waals surface area contributed by atoms with Crippen molar-refractivity contribution in [1.82, 2.24) is 0 Å². The number of halogens is 2. The van der Waals surface area contributed by atoms with Gasteiger partial charge in [-0.3, -0.25) is 14.5 Å². The fourth-order valence-electron chi connectivity index (χ4n) is 4.03. The summed E-state index contributed by atoms with van der Waals surface area (Å²) in [5.41, 5.74) is 2.95. The standard InChI is InChI=1S/C29H25Cl2N3O2S/c1-2-3-8-19-13-15-21(16-14-19)33-27(35)23(18-32)29-34(22-10-5-4-6-11-22)28(36)25(37-29)17-20-9-7-12-24(30)26(20)31/h4-7,9-16,25H,2-3,8,17H2,1H3,(H,33,35). The van der Waals surface area contributed by atoms with Crippen LogP contribution in [0.3, 0.4) is 0 Å². The molecule has 1 N–H and O–H groups in total. The van der Waals surface area contributed by atoms with Gasteiger partial charge in [0.2, 0.25) is 5.91 Å². The molecule has 3 aromatic rings. The van der Waals surface area contributed by atoms with E-state index in [9.17, 15) is 14.9 Å². The predicted octanol–water partition coefficient (Wildman–Crippen LogP) is 7.40. The number of hydrogen-bond donors (Lipinski definition) is 1. The topological polar surface area (TPSA) is 73.2 Å². The molecule has 0 aliphatic carbocycles. The van der Waals surface area contributed by atoms with Crippen LogP contribution in [0.1, 0.15) is 30.9 Å². The van der Waals surface area contributed by atoms with Gasteiger partial charge in [0.1, 0.15) is 16.7 Å². The number of unbranched alkanes of at least 4 members (excludes halogenated alkanes) is 1. The highest BCUT2D eigenvalue weighted by molar-refractivity contribution is 8.05. The molecule has 1 fully saturated rings. The van der Waals surface area contributed by atoms with Crippen LogP contribution in [0.4, 0.5) is 11.4 Å². The third-order valence-electron chi connectivity index (χ3n) is 5.99. The van der Waals surface area contributed by atoms with Crippen LogP contribution in [0.25, 0.3) is 0 Å². The van der Waals surface area contributed by atoms with E-state index >= 15 is 0 Å². The van der Waals surface area contributed by atoms with Crippen molar-refractivity contribution in [2.75, 3.05) is 10.2 Å². The predicted molar refractivity (Wildman–Crippen MR) is 152 cm³/mol. The molecule has 0 bridgehead atoms. The van der Waals surface area contributed by atoms with E-state index in [1.54, 1.807) is 36.4 Å². The van der Waals surface area contributed by atoms with Gasteiger partial charge in [0.15, 0.2) is 0 Å². The van der Waals surface area contributed by atoms with Gasteiger partial charge < -0.3 is 5.32 Å². The number of para-hydroxylation sites is 1. The molecule has 0 saturated carbocycles. The zero-order valence-corrected chi connectivity index (χ0v) is 22.5. The van der Waals surface area contributed by atoms with Gasteiger partial charge in [0, 0.05) is 11.4 Å². The number of carbonyl (C=O) groups is 2. The van der Waals surface area contributed by atoms with E-state index in [0.29, 0.717) is 32.9 Å². The van der Waals surface area contributed by atoms with Gasteiger partial charge in [0.25, 0.3) is 5.91 Å². The van der Waals surface area contributed by atoms with Crippen LogP contribution in [0.2, 0.25) is 10.0 Å². The van der Waals surface area contributed by atoms with Crippen LogP contribution in [0.15, 0.2) is 83.4 Å². The smallest absolute Gasteiger partial charge is 0.269 e. The number of thioether (sulfide) groups is 1. The largest absolute Gasteiger partial charge is 0.321 e. The van der Waals surface area contributed by atoms with Crippen LogP contribution in [-0.2, 0) is 22.4 Å². The zero-order valence-electron chi connectivity index (χ0n) is 20.2. The molecule has 1 saturated heterocycles. The number of anilines is 2. The Labute approximate surface area is 231 Å². The molecule has 0 radical (unpaired) electrons. The molecule has 188 valence electrons. The van der Waals surface area contributed by atoms with E-state index in [1.165, 1.54) is 22.2 Å². The number of benzene rings is 3. The fraction of sp³-hybridized carbons (Fsp3) is 0.207. The van der Waals surface area contributed by atoms with E-state index in [0.717, 1.165) is 24.8 Å². The van der Waals surface area contributed by atoms with E-state index in [-0.39, 0.29) is 11.5 Å². The van der Waals surface area contributed by atoms with Crippen molar-refractivity contribution in [3.8, 4) is 6.07 Å². The summed E-state index contributed by atoms with van der Waals surface area (Å²) >= 11 is 13.7. The number of carbonyl (C=O) groups excluding carboxylic acids is 2. The zero-order chi connectivity index (χ0) is 26.4. The molecule has 8 heteroatoms. The quantitative estimate of drug-likeness (QED) is 0.234. The van der Waals surface area contributed by atoms with Crippen molar-refractivity contribution >= 4 is 58.2 Å². The second-order valence-corrected chi connectivity index (χ2v) is 10.6. The maximum absolute atomic E-state index is 13.6. The van der Waals surface area contributed by atoms with Crippen LogP contribution in [-0.4, -0.2) is 17.1 Å². The average molecular weight is 551 g/mol. The van der Waals surface area contributed by atoms with Gasteiger partial charge in [-0.05, 0) is 60.7 Å². The number of aryl methyl sites for hydroxylation is 1.